The largest absolute Gasteiger partial charge is 0.508 e. The Balaban J connectivity index is 1.96. The van der Waals surface area contributed by atoms with Crippen molar-refractivity contribution in [3.63, 3.8) is 0 Å². The molecule has 1 aromatic carbocycles. The van der Waals surface area contributed by atoms with E-state index in [0.29, 0.717) is 13.0 Å². The number of hydrogen-bond donors (Lipinski definition) is 1. The number of aryl methyl sites for hydroxylation is 1. The third-order valence-electron chi connectivity index (χ3n) is 3.55. The number of phenols is 1. The van der Waals surface area contributed by atoms with E-state index >= 15 is 0 Å². The molecule has 6 nitrogen and oxygen atoms in total. The lowest BCUT2D eigenvalue weighted by atomic mass is 10.0. The molecular formula is C13H15N3O3S. The Hall–Kier alpha value is -1.86. The fraction of sp³-hybridized carbons (Fsp3) is 0.308. The molecule has 20 heavy (non-hydrogen) atoms. The van der Waals surface area contributed by atoms with Gasteiger partial charge in [-0.3, -0.25) is 4.68 Å². The van der Waals surface area contributed by atoms with Crippen LogP contribution in [0.1, 0.15) is 11.1 Å². The van der Waals surface area contributed by atoms with Crippen LogP contribution in [0.3, 0.4) is 0 Å². The maximum Gasteiger partial charge on any atom is 0.260 e. The van der Waals surface area contributed by atoms with Crippen LogP contribution in [0.5, 0.6) is 5.75 Å². The van der Waals surface area contributed by atoms with Crippen LogP contribution in [0, 0.1) is 0 Å². The Bertz CT molecular complexity index is 752. The molecule has 0 spiro atoms. The van der Waals surface area contributed by atoms with E-state index in [-0.39, 0.29) is 17.3 Å². The zero-order valence-corrected chi connectivity index (χ0v) is 11.8. The molecule has 0 radical (unpaired) electrons. The quantitative estimate of drug-likeness (QED) is 0.891. The molecule has 2 heterocycles. The number of aromatic hydroxyl groups is 1. The van der Waals surface area contributed by atoms with E-state index in [1.807, 2.05) is 6.07 Å². The fourth-order valence-corrected chi connectivity index (χ4v) is 3.99. The van der Waals surface area contributed by atoms with Crippen LogP contribution in [-0.2, 0) is 30.0 Å². The maximum atomic E-state index is 12.6. The summed E-state index contributed by atoms with van der Waals surface area (Å²) in [6.07, 6.45) is 2.11. The van der Waals surface area contributed by atoms with E-state index in [1.54, 1.807) is 19.2 Å². The highest BCUT2D eigenvalue weighted by Gasteiger charge is 2.30. The summed E-state index contributed by atoms with van der Waals surface area (Å²) in [5, 5.41) is 13.6. The molecule has 1 aliphatic heterocycles. The monoisotopic (exact) mass is 293 g/mol. The third kappa shape index (κ3) is 2.08. The van der Waals surface area contributed by atoms with Gasteiger partial charge in [-0.05, 0) is 35.7 Å². The van der Waals surface area contributed by atoms with E-state index in [1.165, 1.54) is 21.3 Å². The molecule has 2 aromatic rings. The summed E-state index contributed by atoms with van der Waals surface area (Å²) in [5.41, 5.74) is 1.93. The van der Waals surface area contributed by atoms with Crippen molar-refractivity contribution in [2.24, 2.45) is 7.05 Å². The minimum absolute atomic E-state index is 0.156. The minimum Gasteiger partial charge on any atom is -0.508 e. The van der Waals surface area contributed by atoms with E-state index < -0.39 is 10.0 Å². The van der Waals surface area contributed by atoms with Crippen LogP contribution in [-0.4, -0.2) is 34.2 Å². The summed E-state index contributed by atoms with van der Waals surface area (Å²) in [4.78, 5) is 0. The van der Waals surface area contributed by atoms with Gasteiger partial charge in [0, 0.05) is 20.1 Å². The van der Waals surface area contributed by atoms with Crippen LogP contribution in [0.4, 0.5) is 0 Å². The first-order chi connectivity index (χ1) is 9.48. The van der Waals surface area contributed by atoms with Gasteiger partial charge in [0.25, 0.3) is 10.0 Å². The topological polar surface area (TPSA) is 75.4 Å². The molecule has 0 unspecified atom stereocenters. The lowest BCUT2D eigenvalue weighted by Gasteiger charge is -2.28. The van der Waals surface area contributed by atoms with Gasteiger partial charge in [0.1, 0.15) is 5.75 Å². The van der Waals surface area contributed by atoms with Crippen LogP contribution in [0.15, 0.2) is 35.5 Å². The average Bonchev–Trinajstić information content (AvgIpc) is 2.84. The van der Waals surface area contributed by atoms with Crippen molar-refractivity contribution in [3.8, 4) is 5.75 Å². The zero-order chi connectivity index (χ0) is 14.3. The van der Waals surface area contributed by atoms with Gasteiger partial charge >= 0.3 is 0 Å². The van der Waals surface area contributed by atoms with Crippen molar-refractivity contribution in [2.75, 3.05) is 6.54 Å². The second-order valence-corrected chi connectivity index (χ2v) is 6.72. The highest BCUT2D eigenvalue weighted by Crippen LogP contribution is 2.26. The molecule has 1 aromatic heterocycles. The number of rotatable bonds is 2. The number of fused-ring (bicyclic) bond motifs is 1. The summed E-state index contributed by atoms with van der Waals surface area (Å²) >= 11 is 0. The normalized spacial score (nSPS) is 16.1. The summed E-state index contributed by atoms with van der Waals surface area (Å²) < 4.78 is 27.9. The lowest BCUT2D eigenvalue weighted by Crippen LogP contribution is -2.36. The van der Waals surface area contributed by atoms with E-state index in [2.05, 4.69) is 5.10 Å². The Labute approximate surface area is 117 Å². The molecule has 0 saturated carbocycles. The molecule has 7 heteroatoms. The minimum atomic E-state index is -3.55. The van der Waals surface area contributed by atoms with Crippen LogP contribution < -0.4 is 0 Å². The van der Waals surface area contributed by atoms with Crippen molar-refractivity contribution in [2.45, 2.75) is 18.0 Å². The number of phenolic OH excluding ortho intramolecular Hbond substituents is 1. The molecule has 0 amide bonds. The summed E-state index contributed by atoms with van der Waals surface area (Å²) in [6.45, 7) is 0.711. The Morgan fingerprint density at radius 1 is 1.25 bits per heavy atom. The van der Waals surface area contributed by atoms with Gasteiger partial charge in [-0.15, -0.1) is 0 Å². The van der Waals surface area contributed by atoms with Crippen molar-refractivity contribution in [1.29, 1.82) is 0 Å². The van der Waals surface area contributed by atoms with E-state index in [4.69, 9.17) is 0 Å². The first kappa shape index (κ1) is 13.1. The summed E-state index contributed by atoms with van der Waals surface area (Å²) in [6, 6.07) is 6.59. The molecular weight excluding hydrogens is 278 g/mol. The number of nitrogens with zero attached hydrogens (tertiary/aromatic N) is 3. The molecule has 0 aliphatic carbocycles. The Kier molecular flexibility index (Phi) is 3.02. The second kappa shape index (κ2) is 4.60. The number of sulfonamides is 1. The number of benzene rings is 1. The van der Waals surface area contributed by atoms with Crippen molar-refractivity contribution in [3.05, 3.63) is 41.6 Å². The van der Waals surface area contributed by atoms with Crippen molar-refractivity contribution < 1.29 is 13.5 Å². The number of aromatic nitrogens is 2. The van der Waals surface area contributed by atoms with Gasteiger partial charge in [0.15, 0.2) is 5.03 Å². The van der Waals surface area contributed by atoms with Crippen LogP contribution in [0.2, 0.25) is 0 Å². The smallest absolute Gasteiger partial charge is 0.260 e. The second-order valence-electron chi connectivity index (χ2n) is 4.83. The molecule has 0 bridgehead atoms. The fourth-order valence-electron chi connectivity index (χ4n) is 2.47. The first-order valence-corrected chi connectivity index (χ1v) is 7.71. The van der Waals surface area contributed by atoms with E-state index in [0.717, 1.165) is 11.1 Å². The third-order valence-corrected chi connectivity index (χ3v) is 5.47. The van der Waals surface area contributed by atoms with Gasteiger partial charge in [-0.1, -0.05) is 6.07 Å². The number of hydrogen-bond acceptors (Lipinski definition) is 4. The lowest BCUT2D eigenvalue weighted by molar-refractivity contribution is 0.384. The average molecular weight is 293 g/mol. The van der Waals surface area contributed by atoms with Gasteiger partial charge in [0.2, 0.25) is 0 Å². The summed E-state index contributed by atoms with van der Waals surface area (Å²) in [7, 11) is -1.95. The van der Waals surface area contributed by atoms with Gasteiger partial charge in [-0.2, -0.15) is 9.40 Å². The predicted octanol–water partition coefficient (Wildman–Crippen LogP) is 0.873. The molecule has 1 aliphatic rings. The molecule has 0 saturated heterocycles. The SMILES string of the molecule is Cn1nccc1S(=O)(=O)N1CCc2ccc(O)cc2C1. The van der Waals surface area contributed by atoms with Crippen LogP contribution >= 0.6 is 0 Å². The van der Waals surface area contributed by atoms with Crippen molar-refractivity contribution in [1.82, 2.24) is 14.1 Å². The van der Waals surface area contributed by atoms with Crippen LogP contribution in [0.25, 0.3) is 0 Å². The van der Waals surface area contributed by atoms with Gasteiger partial charge in [0.05, 0.1) is 6.20 Å². The van der Waals surface area contributed by atoms with Crippen molar-refractivity contribution >= 4 is 10.0 Å². The van der Waals surface area contributed by atoms with Gasteiger partial charge in [-0.25, -0.2) is 8.42 Å². The van der Waals surface area contributed by atoms with E-state index in [9.17, 15) is 13.5 Å². The summed E-state index contributed by atoms with van der Waals surface area (Å²) in [5.74, 6) is 0.156. The molecule has 0 atom stereocenters. The predicted molar refractivity (Wildman–Crippen MR) is 72.6 cm³/mol. The molecule has 0 fully saturated rings. The van der Waals surface area contributed by atoms with Gasteiger partial charge < -0.3 is 5.11 Å². The first-order valence-electron chi connectivity index (χ1n) is 6.27. The Morgan fingerprint density at radius 3 is 2.75 bits per heavy atom. The highest BCUT2D eigenvalue weighted by molar-refractivity contribution is 7.89. The standard InChI is InChI=1S/C13H15N3O3S/c1-15-13(4-6-14-15)20(18,19)16-7-5-10-2-3-12(17)8-11(10)9-16/h2-4,6,8,17H,5,7,9H2,1H3. The molecule has 106 valence electrons. The molecule has 1 N–H and O–H groups in total. The highest BCUT2D eigenvalue weighted by atomic mass is 32.2. The molecule has 3 rings (SSSR count). The Morgan fingerprint density at radius 2 is 2.05 bits per heavy atom. The maximum absolute atomic E-state index is 12.6. The zero-order valence-electron chi connectivity index (χ0n) is 11.0.